The number of hydrogen-bond acceptors (Lipinski definition) is 7. The molecule has 0 aromatic carbocycles. The van der Waals surface area contributed by atoms with Crippen molar-refractivity contribution in [1.29, 1.82) is 0 Å². The van der Waals surface area contributed by atoms with Crippen molar-refractivity contribution in [2.24, 2.45) is 7.05 Å². The van der Waals surface area contributed by atoms with E-state index in [4.69, 9.17) is 4.55 Å². The largest absolute Gasteiger partial charge is 0.418 e. The minimum atomic E-state index is -4.73. The van der Waals surface area contributed by atoms with E-state index < -0.39 is 22.5 Å². The maximum absolute atomic E-state index is 12.1. The molecule has 2 bridgehead atoms. The van der Waals surface area contributed by atoms with Gasteiger partial charge in [-0.05, 0) is 18.1 Å². The van der Waals surface area contributed by atoms with Crippen molar-refractivity contribution in [3.8, 4) is 0 Å². The van der Waals surface area contributed by atoms with Crippen LogP contribution in [0.5, 0.6) is 0 Å². The molecule has 2 fully saturated rings. The third kappa shape index (κ3) is 3.19. The third-order valence-corrected chi connectivity index (χ3v) is 3.67. The second kappa shape index (κ2) is 5.78. The summed E-state index contributed by atoms with van der Waals surface area (Å²) >= 11 is 0. The Bertz CT molecular complexity index is 649. The van der Waals surface area contributed by atoms with Crippen LogP contribution in [0.3, 0.4) is 0 Å². The van der Waals surface area contributed by atoms with E-state index in [9.17, 15) is 13.2 Å². The van der Waals surface area contributed by atoms with E-state index in [1.165, 1.54) is 9.70 Å². The normalized spacial score (nSPS) is 25.1. The minimum absolute atomic E-state index is 0. The predicted molar refractivity (Wildman–Crippen MR) is 66.9 cm³/mol. The summed E-state index contributed by atoms with van der Waals surface area (Å²) in [7, 11) is -3.11. The number of tetrazole rings is 1. The van der Waals surface area contributed by atoms with Crippen molar-refractivity contribution in [2.75, 3.05) is 6.54 Å². The topological polar surface area (TPSA) is 131 Å². The van der Waals surface area contributed by atoms with Crippen LogP contribution in [0, 0.1) is 0 Å². The van der Waals surface area contributed by atoms with Gasteiger partial charge >= 0.3 is 16.4 Å². The van der Waals surface area contributed by atoms with Crippen molar-refractivity contribution in [1.82, 2.24) is 30.2 Å². The Balaban J connectivity index is 0.00000161. The first-order valence-corrected chi connectivity index (χ1v) is 7.22. The van der Waals surface area contributed by atoms with Gasteiger partial charge in [0.25, 0.3) is 0 Å². The number of fused-ring (bicyclic) bond motifs is 2. The number of hydroxylamine groups is 2. The molecule has 11 nitrogen and oxygen atoms in total. The Morgan fingerprint density at radius 3 is 2.67 bits per heavy atom. The number of urea groups is 1. The number of nitrogens with zero attached hydrogens (tertiary/aromatic N) is 6. The first-order valence-electron chi connectivity index (χ1n) is 5.86. The molecule has 2 atom stereocenters. The van der Waals surface area contributed by atoms with Gasteiger partial charge in [-0.2, -0.15) is 18.3 Å². The summed E-state index contributed by atoms with van der Waals surface area (Å²) in [4.78, 5) is 14.8. The number of hydrogen-bond donors (Lipinski definition) is 1. The molecule has 1 aromatic rings. The Morgan fingerprint density at radius 1 is 1.38 bits per heavy atom. The SMILES string of the molecule is Cn1nnc([C@@H]2CC[C@@H]3CN2C(=O)N3OS(=O)(=O)O)n1.[Na]. The average Bonchev–Trinajstić information content (AvgIpc) is 2.88. The van der Waals surface area contributed by atoms with Crippen LogP contribution in [0.2, 0.25) is 0 Å². The van der Waals surface area contributed by atoms with Gasteiger partial charge in [-0.25, -0.2) is 4.79 Å². The molecular weight excluding hydrogens is 315 g/mol. The fourth-order valence-electron chi connectivity index (χ4n) is 2.53. The number of aryl methyl sites for hydroxylation is 1. The zero-order valence-electron chi connectivity index (χ0n) is 11.4. The number of carbonyl (C=O) groups excluding carboxylic acids is 1. The smallest absolute Gasteiger partial charge is 0.310 e. The van der Waals surface area contributed by atoms with Crippen molar-refractivity contribution >= 4 is 46.0 Å². The van der Waals surface area contributed by atoms with E-state index in [-0.39, 0.29) is 42.1 Å². The zero-order chi connectivity index (χ0) is 14.5. The molecule has 21 heavy (non-hydrogen) atoms. The minimum Gasteiger partial charge on any atom is -0.310 e. The maximum atomic E-state index is 12.1. The molecule has 2 aliphatic heterocycles. The number of amides is 2. The Hall–Kier alpha value is -0.790. The van der Waals surface area contributed by atoms with Crippen molar-refractivity contribution in [3.05, 3.63) is 5.82 Å². The van der Waals surface area contributed by atoms with Gasteiger partial charge in [0.05, 0.1) is 19.1 Å². The summed E-state index contributed by atoms with van der Waals surface area (Å²) in [5.41, 5.74) is 0. The van der Waals surface area contributed by atoms with Crippen LogP contribution in [0.4, 0.5) is 4.79 Å². The van der Waals surface area contributed by atoms with E-state index in [0.717, 1.165) is 0 Å². The van der Waals surface area contributed by atoms with E-state index >= 15 is 0 Å². The van der Waals surface area contributed by atoms with Crippen LogP contribution in [0.25, 0.3) is 0 Å². The Morgan fingerprint density at radius 2 is 2.10 bits per heavy atom. The van der Waals surface area contributed by atoms with Crippen molar-refractivity contribution in [3.63, 3.8) is 0 Å². The molecule has 111 valence electrons. The van der Waals surface area contributed by atoms with Crippen molar-refractivity contribution < 1.29 is 22.0 Å². The van der Waals surface area contributed by atoms with Crippen LogP contribution in [0.15, 0.2) is 0 Å². The van der Waals surface area contributed by atoms with Gasteiger partial charge < -0.3 is 4.90 Å². The number of carbonyl (C=O) groups is 1. The van der Waals surface area contributed by atoms with E-state index in [2.05, 4.69) is 19.7 Å². The molecule has 13 heteroatoms. The molecule has 1 radical (unpaired) electrons. The monoisotopic (exact) mass is 327 g/mol. The van der Waals surface area contributed by atoms with Crippen LogP contribution in [0.1, 0.15) is 24.7 Å². The molecule has 0 spiro atoms. The fourth-order valence-corrected chi connectivity index (χ4v) is 2.92. The summed E-state index contributed by atoms with van der Waals surface area (Å²) in [5.74, 6) is 0.396. The van der Waals surface area contributed by atoms with E-state index in [1.807, 2.05) is 0 Å². The Labute approximate surface area is 142 Å². The number of piperidine rings is 1. The molecule has 0 aliphatic carbocycles. The molecule has 1 N–H and O–H groups in total. The molecule has 0 unspecified atom stereocenters. The number of aromatic nitrogens is 4. The van der Waals surface area contributed by atoms with Crippen LogP contribution < -0.4 is 0 Å². The van der Waals surface area contributed by atoms with Gasteiger partial charge in [-0.15, -0.1) is 14.5 Å². The molecule has 3 rings (SSSR count). The second-order valence-corrected chi connectivity index (χ2v) is 5.65. The second-order valence-electron chi connectivity index (χ2n) is 4.65. The molecule has 3 heterocycles. The summed E-state index contributed by atoms with van der Waals surface area (Å²) in [5, 5.41) is 12.3. The van der Waals surface area contributed by atoms with Gasteiger partial charge in [0, 0.05) is 36.1 Å². The first kappa shape index (κ1) is 16.6. The average molecular weight is 327 g/mol. The van der Waals surface area contributed by atoms with Gasteiger partial charge in [0.15, 0.2) is 5.82 Å². The summed E-state index contributed by atoms with van der Waals surface area (Å²) in [6, 6.07) is -1.43. The third-order valence-electron chi connectivity index (χ3n) is 3.32. The van der Waals surface area contributed by atoms with Gasteiger partial charge in [0.1, 0.15) is 0 Å². The summed E-state index contributed by atoms with van der Waals surface area (Å²) < 4.78 is 34.5. The standard InChI is InChI=1S/C8H12N6O5S.Na/c1-12-10-7(9-11-12)6-3-2-5-4-13(6)8(15)14(5)19-20(16,17)18;/h5-6H,2-4H2,1H3,(H,16,17,18);/t5-,6+;/m1./s1. The quantitative estimate of drug-likeness (QED) is 0.524. The molecule has 0 saturated carbocycles. The maximum Gasteiger partial charge on any atom is 0.418 e. The summed E-state index contributed by atoms with van der Waals surface area (Å²) in [6.45, 7) is 0.289. The van der Waals surface area contributed by atoms with Gasteiger partial charge in [-0.3, -0.25) is 4.55 Å². The molecule has 2 amide bonds. The molecule has 2 aliphatic rings. The van der Waals surface area contributed by atoms with Crippen LogP contribution in [-0.4, -0.2) is 91.3 Å². The predicted octanol–water partition coefficient (Wildman–Crippen LogP) is -1.50. The van der Waals surface area contributed by atoms with Crippen molar-refractivity contribution in [2.45, 2.75) is 24.9 Å². The first-order chi connectivity index (χ1) is 9.35. The molecule has 1 aromatic heterocycles. The van der Waals surface area contributed by atoms with E-state index in [1.54, 1.807) is 7.05 Å². The fraction of sp³-hybridized carbons (Fsp3) is 0.750. The zero-order valence-corrected chi connectivity index (χ0v) is 14.3. The van der Waals surface area contributed by atoms with Crippen LogP contribution >= 0.6 is 0 Å². The molecule has 2 saturated heterocycles. The Kier molecular flexibility index (Phi) is 4.56. The molecular formula is C8H12N6NaO5S. The summed E-state index contributed by atoms with van der Waals surface area (Å²) in [6.07, 6.45) is 1.08. The van der Waals surface area contributed by atoms with Crippen LogP contribution in [-0.2, 0) is 21.7 Å². The number of rotatable bonds is 3. The van der Waals surface area contributed by atoms with E-state index in [0.29, 0.717) is 23.7 Å². The van der Waals surface area contributed by atoms with Gasteiger partial charge in [0.2, 0.25) is 0 Å². The van der Waals surface area contributed by atoms with Gasteiger partial charge in [-0.1, -0.05) is 0 Å².